The van der Waals surface area contributed by atoms with Crippen LogP contribution < -0.4 is 0 Å². The van der Waals surface area contributed by atoms with E-state index in [9.17, 15) is 9.18 Å². The van der Waals surface area contributed by atoms with Crippen molar-refractivity contribution in [1.29, 1.82) is 0 Å². The number of benzene rings is 1. The van der Waals surface area contributed by atoms with Gasteiger partial charge in [-0.25, -0.2) is 4.39 Å². The Morgan fingerprint density at radius 2 is 2.12 bits per heavy atom. The van der Waals surface area contributed by atoms with Crippen molar-refractivity contribution in [3.05, 3.63) is 69.8 Å². The number of carbonyl (C=O) groups excluding carboxylic acids is 1. The van der Waals surface area contributed by atoms with Crippen molar-refractivity contribution in [1.82, 2.24) is 15.1 Å². The Kier molecular flexibility index (Phi) is 4.79. The van der Waals surface area contributed by atoms with E-state index in [0.29, 0.717) is 24.7 Å². The quantitative estimate of drug-likeness (QED) is 0.698. The lowest BCUT2D eigenvalue weighted by Gasteiger charge is -2.30. The van der Waals surface area contributed by atoms with Gasteiger partial charge in [-0.2, -0.15) is 0 Å². The van der Waals surface area contributed by atoms with Gasteiger partial charge < -0.3 is 9.32 Å². The van der Waals surface area contributed by atoms with Crippen molar-refractivity contribution in [2.24, 2.45) is 0 Å². The second-order valence-electron chi connectivity index (χ2n) is 6.40. The lowest BCUT2D eigenvalue weighted by Crippen LogP contribution is -2.38. The number of aromatic nitrogens is 2. The molecule has 0 spiro atoms. The number of hydrogen-bond donors (Lipinski definition) is 0. The molecule has 1 aliphatic heterocycles. The Balaban J connectivity index is 1.43. The van der Waals surface area contributed by atoms with Gasteiger partial charge in [0, 0.05) is 13.1 Å². The number of nitrogens with zero attached hydrogens (tertiary/aromatic N) is 3. The summed E-state index contributed by atoms with van der Waals surface area (Å²) in [5.74, 6) is 0.940. The van der Waals surface area contributed by atoms with Gasteiger partial charge in [0.1, 0.15) is 5.82 Å². The minimum Gasteiger partial charge on any atom is -0.425 e. The number of thiophene rings is 1. The van der Waals surface area contributed by atoms with Crippen molar-refractivity contribution in [3.8, 4) is 0 Å². The molecule has 0 bridgehead atoms. The third-order valence-electron chi connectivity index (χ3n) is 4.54. The van der Waals surface area contributed by atoms with Crippen LogP contribution in [0.15, 0.2) is 46.2 Å². The molecule has 7 heteroatoms. The van der Waals surface area contributed by atoms with Crippen LogP contribution in [0.3, 0.4) is 0 Å². The lowest BCUT2D eigenvalue weighted by molar-refractivity contribution is 0.0703. The number of carbonyl (C=O) groups is 1. The molecule has 5 nitrogen and oxygen atoms in total. The maximum absolute atomic E-state index is 13.0. The van der Waals surface area contributed by atoms with Gasteiger partial charge in [0.05, 0.1) is 17.2 Å². The van der Waals surface area contributed by atoms with Crippen molar-refractivity contribution < 1.29 is 13.6 Å². The van der Waals surface area contributed by atoms with Gasteiger partial charge in [0.2, 0.25) is 11.8 Å². The molecule has 1 saturated heterocycles. The van der Waals surface area contributed by atoms with Crippen molar-refractivity contribution in [2.45, 2.75) is 25.2 Å². The van der Waals surface area contributed by atoms with Gasteiger partial charge >= 0.3 is 0 Å². The second-order valence-corrected chi connectivity index (χ2v) is 7.35. The van der Waals surface area contributed by atoms with Crippen LogP contribution in [0.1, 0.15) is 45.8 Å². The van der Waals surface area contributed by atoms with Gasteiger partial charge in [0.25, 0.3) is 5.91 Å². The predicted molar refractivity (Wildman–Crippen MR) is 95.7 cm³/mol. The molecule has 0 N–H and O–H groups in total. The number of rotatable bonds is 4. The van der Waals surface area contributed by atoms with Crippen molar-refractivity contribution in [3.63, 3.8) is 0 Å². The molecule has 4 rings (SSSR count). The summed E-state index contributed by atoms with van der Waals surface area (Å²) < 4.78 is 18.8. The molecule has 0 radical (unpaired) electrons. The fraction of sp³-hybridized carbons (Fsp3) is 0.316. The largest absolute Gasteiger partial charge is 0.425 e. The van der Waals surface area contributed by atoms with E-state index in [1.54, 1.807) is 12.1 Å². The maximum Gasteiger partial charge on any atom is 0.263 e. The first-order valence-corrected chi connectivity index (χ1v) is 9.46. The first-order valence-electron chi connectivity index (χ1n) is 8.58. The summed E-state index contributed by atoms with van der Waals surface area (Å²) in [5.41, 5.74) is 0.916. The van der Waals surface area contributed by atoms with E-state index in [1.807, 2.05) is 22.4 Å². The Morgan fingerprint density at radius 1 is 1.27 bits per heavy atom. The molecular formula is C19H18FN3O2S. The average Bonchev–Trinajstić information content (AvgIpc) is 3.35. The fourth-order valence-electron chi connectivity index (χ4n) is 3.20. The Morgan fingerprint density at radius 3 is 2.88 bits per heavy atom. The Hall–Kier alpha value is -2.54. The van der Waals surface area contributed by atoms with Gasteiger partial charge in [-0.15, -0.1) is 21.5 Å². The van der Waals surface area contributed by atoms with E-state index in [0.717, 1.165) is 29.8 Å². The van der Waals surface area contributed by atoms with E-state index in [2.05, 4.69) is 10.2 Å². The molecule has 1 fully saturated rings. The number of halogens is 1. The molecule has 1 aromatic carbocycles. The standard InChI is InChI=1S/C19H18FN3O2S/c20-15-7-5-13(6-8-15)11-17-21-22-18(25-17)14-3-1-9-23(12-14)19(24)16-4-2-10-26-16/h2,4-8,10,14H,1,3,9,11-12H2. The number of likely N-dealkylation sites (tertiary alicyclic amines) is 1. The summed E-state index contributed by atoms with van der Waals surface area (Å²) in [6.45, 7) is 1.35. The van der Waals surface area contributed by atoms with Gasteiger partial charge in [0.15, 0.2) is 0 Å². The van der Waals surface area contributed by atoms with Crippen LogP contribution in [0.5, 0.6) is 0 Å². The molecule has 134 valence electrons. The molecule has 2 aromatic heterocycles. The summed E-state index contributed by atoms with van der Waals surface area (Å²) in [5, 5.41) is 10.2. The zero-order valence-electron chi connectivity index (χ0n) is 14.1. The van der Waals surface area contributed by atoms with E-state index in [4.69, 9.17) is 4.42 Å². The van der Waals surface area contributed by atoms with Crippen molar-refractivity contribution in [2.75, 3.05) is 13.1 Å². The highest BCUT2D eigenvalue weighted by Gasteiger charge is 2.29. The summed E-state index contributed by atoms with van der Waals surface area (Å²) in [4.78, 5) is 15.2. The first kappa shape index (κ1) is 16.9. The monoisotopic (exact) mass is 371 g/mol. The smallest absolute Gasteiger partial charge is 0.263 e. The third kappa shape index (κ3) is 3.67. The topological polar surface area (TPSA) is 59.2 Å². The molecule has 26 heavy (non-hydrogen) atoms. The van der Waals surface area contributed by atoms with Gasteiger partial charge in [-0.05, 0) is 42.0 Å². The SMILES string of the molecule is O=C(c1cccs1)N1CCCC(c2nnc(Cc3ccc(F)cc3)o2)C1. The summed E-state index contributed by atoms with van der Waals surface area (Å²) in [6.07, 6.45) is 2.31. The number of piperidine rings is 1. The van der Waals surface area contributed by atoms with Crippen LogP contribution in [-0.2, 0) is 6.42 Å². The Labute approximate surface area is 154 Å². The van der Waals surface area contributed by atoms with Gasteiger partial charge in [-0.1, -0.05) is 18.2 Å². The van der Waals surface area contributed by atoms with Crippen LogP contribution >= 0.6 is 11.3 Å². The van der Waals surface area contributed by atoms with E-state index in [-0.39, 0.29) is 17.6 Å². The molecule has 1 aliphatic rings. The van der Waals surface area contributed by atoms with Crippen LogP contribution in [-0.4, -0.2) is 34.1 Å². The number of amides is 1. The summed E-state index contributed by atoms with van der Waals surface area (Å²) >= 11 is 1.46. The zero-order valence-corrected chi connectivity index (χ0v) is 14.9. The van der Waals surface area contributed by atoms with Crippen LogP contribution in [0.4, 0.5) is 4.39 Å². The highest BCUT2D eigenvalue weighted by Crippen LogP contribution is 2.28. The van der Waals surface area contributed by atoms with Crippen molar-refractivity contribution >= 4 is 17.2 Å². The highest BCUT2D eigenvalue weighted by atomic mass is 32.1. The summed E-state index contributed by atoms with van der Waals surface area (Å²) in [6, 6.07) is 10.00. The first-order chi connectivity index (χ1) is 12.7. The lowest BCUT2D eigenvalue weighted by atomic mass is 9.98. The summed E-state index contributed by atoms with van der Waals surface area (Å²) in [7, 11) is 0. The van der Waals surface area contributed by atoms with Gasteiger partial charge in [-0.3, -0.25) is 4.79 Å². The van der Waals surface area contributed by atoms with E-state index < -0.39 is 0 Å². The maximum atomic E-state index is 13.0. The highest BCUT2D eigenvalue weighted by molar-refractivity contribution is 7.12. The Bertz CT molecular complexity index is 877. The molecule has 1 amide bonds. The molecular weight excluding hydrogens is 353 g/mol. The molecule has 3 heterocycles. The van der Waals surface area contributed by atoms with E-state index >= 15 is 0 Å². The minimum absolute atomic E-state index is 0.0575. The normalized spacial score (nSPS) is 17.4. The average molecular weight is 371 g/mol. The molecule has 1 unspecified atom stereocenters. The number of hydrogen-bond acceptors (Lipinski definition) is 5. The minimum atomic E-state index is -0.266. The fourth-order valence-corrected chi connectivity index (χ4v) is 3.89. The zero-order chi connectivity index (χ0) is 17.9. The predicted octanol–water partition coefficient (Wildman–Crippen LogP) is 3.88. The van der Waals surface area contributed by atoms with Crippen LogP contribution in [0.2, 0.25) is 0 Å². The van der Waals surface area contributed by atoms with E-state index in [1.165, 1.54) is 23.5 Å². The van der Waals surface area contributed by atoms with Crippen LogP contribution in [0, 0.1) is 5.82 Å². The molecule has 0 aliphatic carbocycles. The van der Waals surface area contributed by atoms with Crippen LogP contribution in [0.25, 0.3) is 0 Å². The second kappa shape index (κ2) is 7.37. The third-order valence-corrected chi connectivity index (χ3v) is 5.40. The molecule has 0 saturated carbocycles. The molecule has 1 atom stereocenters. The molecule has 3 aromatic rings.